The van der Waals surface area contributed by atoms with Crippen LogP contribution >= 0.6 is 0 Å². The fourth-order valence-electron chi connectivity index (χ4n) is 1.99. The van der Waals surface area contributed by atoms with Gasteiger partial charge in [-0.15, -0.1) is 0 Å². The Kier molecular flexibility index (Phi) is 3.61. The number of hydrogen-bond acceptors (Lipinski definition) is 1. The second-order valence-corrected chi connectivity index (χ2v) is 5.02. The maximum Gasteiger partial charge on any atom is 0.0658 e. The highest BCUT2D eigenvalue weighted by Gasteiger charge is 2.02. The summed E-state index contributed by atoms with van der Waals surface area (Å²) in [6.45, 7) is 8.41. The van der Waals surface area contributed by atoms with Crippen LogP contribution in [0.4, 0.5) is 0 Å². The normalized spacial score (nSPS) is 10.2. The van der Waals surface area contributed by atoms with Crippen LogP contribution in [0, 0.1) is 13.8 Å². The zero-order valence-corrected chi connectivity index (χ0v) is 11.5. The number of hydrogen-bond donors (Lipinski definition) is 0. The Hall–Kier alpha value is -1.89. The first-order valence-corrected chi connectivity index (χ1v) is 6.25. The van der Waals surface area contributed by atoms with Crippen molar-refractivity contribution in [3.8, 4) is 11.1 Å². The van der Waals surface area contributed by atoms with Crippen LogP contribution in [0.1, 0.15) is 30.7 Å². The summed E-state index contributed by atoms with van der Waals surface area (Å²) >= 11 is 0. The fraction of sp³-hybridized carbons (Fsp3) is 0.235. The van der Waals surface area contributed by atoms with Crippen LogP contribution in [-0.4, -0.2) is 4.98 Å². The summed E-state index contributed by atoms with van der Waals surface area (Å²) in [5, 5.41) is 0. The number of benzene rings is 1. The highest BCUT2D eigenvalue weighted by atomic mass is 14.7. The van der Waals surface area contributed by atoms with Gasteiger partial charge in [-0.05, 0) is 51.0 Å². The van der Waals surface area contributed by atoms with Gasteiger partial charge in [-0.1, -0.05) is 35.4 Å². The summed E-state index contributed by atoms with van der Waals surface area (Å²) in [5.41, 5.74) is 7.24. The first-order chi connectivity index (χ1) is 8.56. The molecule has 1 aromatic heterocycles. The lowest BCUT2D eigenvalue weighted by molar-refractivity contribution is 1.23. The molecular weight excluding hydrogens is 218 g/mol. The summed E-state index contributed by atoms with van der Waals surface area (Å²) in [4.78, 5) is 4.55. The third-order valence-corrected chi connectivity index (χ3v) is 2.90. The number of pyridine rings is 1. The van der Waals surface area contributed by atoms with E-state index in [0.29, 0.717) is 0 Å². The van der Waals surface area contributed by atoms with E-state index in [4.69, 9.17) is 0 Å². The van der Waals surface area contributed by atoms with Crippen molar-refractivity contribution in [3.05, 3.63) is 58.9 Å². The highest BCUT2D eigenvalue weighted by Crippen LogP contribution is 2.22. The molecule has 0 atom stereocenters. The molecule has 0 aliphatic carbocycles. The molecule has 2 aromatic rings. The fourth-order valence-corrected chi connectivity index (χ4v) is 1.99. The van der Waals surface area contributed by atoms with Gasteiger partial charge >= 0.3 is 0 Å². The number of nitrogens with zero attached hydrogens (tertiary/aromatic N) is 1. The zero-order valence-electron chi connectivity index (χ0n) is 11.5. The van der Waals surface area contributed by atoms with E-state index in [2.05, 4.69) is 69.1 Å². The van der Waals surface area contributed by atoms with Crippen LogP contribution in [0.5, 0.6) is 0 Å². The highest BCUT2D eigenvalue weighted by molar-refractivity contribution is 5.66. The van der Waals surface area contributed by atoms with Crippen molar-refractivity contribution in [3.63, 3.8) is 0 Å². The van der Waals surface area contributed by atoms with Crippen molar-refractivity contribution in [2.24, 2.45) is 0 Å². The Labute approximate surface area is 109 Å². The van der Waals surface area contributed by atoms with Crippen LogP contribution in [0.3, 0.4) is 0 Å². The second-order valence-electron chi connectivity index (χ2n) is 5.02. The molecule has 2 rings (SSSR count). The quantitative estimate of drug-likeness (QED) is 0.732. The zero-order chi connectivity index (χ0) is 13.1. The smallest absolute Gasteiger partial charge is 0.0658 e. The number of rotatable bonds is 2. The molecule has 1 heteroatoms. The van der Waals surface area contributed by atoms with E-state index in [-0.39, 0.29) is 0 Å². The second kappa shape index (κ2) is 5.18. The summed E-state index contributed by atoms with van der Waals surface area (Å²) in [6.07, 6.45) is 4.08. The van der Waals surface area contributed by atoms with Crippen molar-refractivity contribution in [2.75, 3.05) is 0 Å². The molecule has 1 heterocycles. The molecule has 18 heavy (non-hydrogen) atoms. The largest absolute Gasteiger partial charge is 0.256 e. The van der Waals surface area contributed by atoms with E-state index in [1.165, 1.54) is 27.8 Å². The van der Waals surface area contributed by atoms with Gasteiger partial charge in [0.25, 0.3) is 0 Å². The number of aromatic nitrogens is 1. The summed E-state index contributed by atoms with van der Waals surface area (Å²) in [7, 11) is 0. The maximum atomic E-state index is 4.55. The van der Waals surface area contributed by atoms with Gasteiger partial charge in [0.05, 0.1) is 5.69 Å². The average molecular weight is 237 g/mol. The standard InChI is InChI=1S/C17H19N/c1-12(2)8-17-14(4)10-16(11-18-17)15-7-5-6-13(3)9-15/h5-11H,1-4H3. The van der Waals surface area contributed by atoms with Crippen LogP contribution in [0.25, 0.3) is 17.2 Å². The Morgan fingerprint density at radius 1 is 1.06 bits per heavy atom. The minimum absolute atomic E-state index is 1.06. The van der Waals surface area contributed by atoms with Crippen molar-refractivity contribution >= 4 is 6.08 Å². The molecule has 0 aliphatic rings. The van der Waals surface area contributed by atoms with Crippen LogP contribution in [0.2, 0.25) is 0 Å². The SMILES string of the molecule is CC(C)=Cc1ncc(-c2cccc(C)c2)cc1C. The molecular formula is C17H19N. The molecule has 0 aliphatic heterocycles. The molecule has 0 fully saturated rings. The Morgan fingerprint density at radius 2 is 1.83 bits per heavy atom. The van der Waals surface area contributed by atoms with E-state index >= 15 is 0 Å². The molecule has 0 N–H and O–H groups in total. The van der Waals surface area contributed by atoms with Crippen LogP contribution < -0.4 is 0 Å². The van der Waals surface area contributed by atoms with Gasteiger partial charge in [0.2, 0.25) is 0 Å². The van der Waals surface area contributed by atoms with E-state index in [0.717, 1.165) is 5.69 Å². The van der Waals surface area contributed by atoms with Gasteiger partial charge in [-0.2, -0.15) is 0 Å². The van der Waals surface area contributed by atoms with Crippen LogP contribution in [-0.2, 0) is 0 Å². The molecule has 1 nitrogen and oxygen atoms in total. The van der Waals surface area contributed by atoms with Gasteiger partial charge in [-0.3, -0.25) is 4.98 Å². The third-order valence-electron chi connectivity index (χ3n) is 2.90. The lowest BCUT2D eigenvalue weighted by Gasteiger charge is -2.06. The molecule has 0 bridgehead atoms. The molecule has 0 saturated heterocycles. The molecule has 0 amide bonds. The number of aryl methyl sites for hydroxylation is 2. The molecule has 0 spiro atoms. The van der Waals surface area contributed by atoms with E-state index in [1.807, 2.05) is 6.20 Å². The first kappa shape index (κ1) is 12.6. The average Bonchev–Trinajstić information content (AvgIpc) is 2.31. The van der Waals surface area contributed by atoms with Crippen molar-refractivity contribution in [2.45, 2.75) is 27.7 Å². The monoisotopic (exact) mass is 237 g/mol. The maximum absolute atomic E-state index is 4.55. The first-order valence-electron chi connectivity index (χ1n) is 6.25. The topological polar surface area (TPSA) is 12.9 Å². The van der Waals surface area contributed by atoms with Gasteiger partial charge < -0.3 is 0 Å². The molecule has 0 radical (unpaired) electrons. The van der Waals surface area contributed by atoms with Gasteiger partial charge in [-0.25, -0.2) is 0 Å². The van der Waals surface area contributed by atoms with Crippen LogP contribution in [0.15, 0.2) is 42.1 Å². The molecule has 0 saturated carbocycles. The molecule has 0 unspecified atom stereocenters. The van der Waals surface area contributed by atoms with E-state index in [1.54, 1.807) is 0 Å². The lowest BCUT2D eigenvalue weighted by Crippen LogP contribution is -1.89. The minimum Gasteiger partial charge on any atom is -0.256 e. The van der Waals surface area contributed by atoms with Crippen molar-refractivity contribution < 1.29 is 0 Å². The minimum atomic E-state index is 1.06. The van der Waals surface area contributed by atoms with Gasteiger partial charge in [0.1, 0.15) is 0 Å². The van der Waals surface area contributed by atoms with E-state index < -0.39 is 0 Å². The molecule has 1 aromatic carbocycles. The van der Waals surface area contributed by atoms with E-state index in [9.17, 15) is 0 Å². The third kappa shape index (κ3) is 2.86. The summed E-state index contributed by atoms with van der Waals surface area (Å²) in [6, 6.07) is 10.7. The van der Waals surface area contributed by atoms with Crippen molar-refractivity contribution in [1.29, 1.82) is 0 Å². The number of allylic oxidation sites excluding steroid dienone is 1. The predicted octanol–water partition coefficient (Wildman–Crippen LogP) is 4.79. The summed E-state index contributed by atoms with van der Waals surface area (Å²) in [5.74, 6) is 0. The van der Waals surface area contributed by atoms with Gasteiger partial charge in [0, 0.05) is 11.8 Å². The van der Waals surface area contributed by atoms with Gasteiger partial charge in [0.15, 0.2) is 0 Å². The Balaban J connectivity index is 2.43. The predicted molar refractivity (Wildman–Crippen MR) is 78.5 cm³/mol. The Bertz CT molecular complexity index is 590. The Morgan fingerprint density at radius 3 is 2.44 bits per heavy atom. The lowest BCUT2D eigenvalue weighted by atomic mass is 10.0. The molecule has 92 valence electrons. The van der Waals surface area contributed by atoms with Crippen molar-refractivity contribution in [1.82, 2.24) is 4.98 Å². The summed E-state index contributed by atoms with van der Waals surface area (Å²) < 4.78 is 0.